The molecule has 0 aliphatic rings. The molecular weight excluding hydrogens is 226 g/mol. The molecule has 0 aromatic heterocycles. The first-order chi connectivity index (χ1) is 7.45. The molecule has 0 saturated carbocycles. The molecule has 6 heteroatoms. The maximum absolute atomic E-state index is 11.9. The van der Waals surface area contributed by atoms with Crippen LogP contribution in [-0.4, -0.2) is 17.2 Å². The van der Waals surface area contributed by atoms with Crippen LogP contribution < -0.4 is 10.5 Å². The van der Waals surface area contributed by atoms with Gasteiger partial charge in [-0.1, -0.05) is 12.1 Å². The highest BCUT2D eigenvalue weighted by atomic mass is 32.2. The summed E-state index contributed by atoms with van der Waals surface area (Å²) in [5, 5.41) is 8.50. The zero-order chi connectivity index (χ0) is 12.2. The van der Waals surface area contributed by atoms with Crippen molar-refractivity contribution in [2.75, 3.05) is 7.05 Å². The molecule has 0 saturated heterocycles. The molecule has 1 amide bonds. The van der Waals surface area contributed by atoms with Crippen molar-refractivity contribution in [1.82, 2.24) is 5.32 Å². The van der Waals surface area contributed by atoms with Crippen LogP contribution in [0.25, 0.3) is 0 Å². The van der Waals surface area contributed by atoms with Crippen molar-refractivity contribution in [3.63, 3.8) is 0 Å². The van der Waals surface area contributed by atoms with Gasteiger partial charge in [0.15, 0.2) is 0 Å². The quantitative estimate of drug-likeness (QED) is 0.815. The van der Waals surface area contributed by atoms with Crippen LogP contribution in [0.15, 0.2) is 33.5 Å². The van der Waals surface area contributed by atoms with E-state index in [0.717, 1.165) is 5.56 Å². The molecule has 88 valence electrons. The van der Waals surface area contributed by atoms with Gasteiger partial charge < -0.3 is 5.32 Å². The van der Waals surface area contributed by atoms with E-state index in [1.807, 2.05) is 13.1 Å². The van der Waals surface area contributed by atoms with Crippen LogP contribution >= 0.6 is 0 Å². The summed E-state index contributed by atoms with van der Waals surface area (Å²) in [5.74, 6) is -0.536. The molecule has 16 heavy (non-hydrogen) atoms. The van der Waals surface area contributed by atoms with Crippen molar-refractivity contribution >= 4 is 15.8 Å². The SMILES string of the molecule is CNCc1cccc(S(N)(=O)=NC(C)=O)c1. The highest BCUT2D eigenvalue weighted by Gasteiger charge is 2.08. The van der Waals surface area contributed by atoms with Gasteiger partial charge in [-0.15, -0.1) is 4.36 Å². The Bertz CT molecular complexity index is 505. The Hall–Kier alpha value is -1.24. The third kappa shape index (κ3) is 3.41. The van der Waals surface area contributed by atoms with Crippen molar-refractivity contribution < 1.29 is 9.00 Å². The molecule has 3 N–H and O–H groups in total. The lowest BCUT2D eigenvalue weighted by Crippen LogP contribution is -2.15. The molecule has 0 heterocycles. The Morgan fingerprint density at radius 2 is 2.25 bits per heavy atom. The number of amides is 1. The minimum atomic E-state index is -3.10. The van der Waals surface area contributed by atoms with Crippen molar-refractivity contribution in [3.05, 3.63) is 29.8 Å². The number of hydrogen-bond donors (Lipinski definition) is 2. The number of benzene rings is 1. The molecule has 1 atom stereocenters. The van der Waals surface area contributed by atoms with Crippen molar-refractivity contribution in [2.45, 2.75) is 18.4 Å². The molecule has 0 spiro atoms. The maximum Gasteiger partial charge on any atom is 0.251 e. The fraction of sp³-hybridized carbons (Fsp3) is 0.300. The van der Waals surface area contributed by atoms with E-state index in [2.05, 4.69) is 9.68 Å². The minimum Gasteiger partial charge on any atom is -0.316 e. The van der Waals surface area contributed by atoms with Crippen LogP contribution in [-0.2, 0) is 21.3 Å². The van der Waals surface area contributed by atoms with E-state index in [-0.39, 0.29) is 0 Å². The van der Waals surface area contributed by atoms with Crippen LogP contribution in [0.2, 0.25) is 0 Å². The van der Waals surface area contributed by atoms with Gasteiger partial charge in [0.2, 0.25) is 0 Å². The lowest BCUT2D eigenvalue weighted by atomic mass is 10.2. The molecule has 0 radical (unpaired) electrons. The van der Waals surface area contributed by atoms with Crippen molar-refractivity contribution in [1.29, 1.82) is 0 Å². The predicted molar refractivity (Wildman–Crippen MR) is 62.9 cm³/mol. The third-order valence-corrected chi connectivity index (χ3v) is 3.34. The molecule has 0 fully saturated rings. The Labute approximate surface area is 95.4 Å². The monoisotopic (exact) mass is 241 g/mol. The minimum absolute atomic E-state index is 0.371. The highest BCUT2D eigenvalue weighted by molar-refractivity contribution is 7.91. The van der Waals surface area contributed by atoms with Gasteiger partial charge >= 0.3 is 0 Å². The second-order valence-corrected chi connectivity index (χ2v) is 5.15. The number of rotatable bonds is 3. The lowest BCUT2D eigenvalue weighted by Gasteiger charge is -2.05. The zero-order valence-electron chi connectivity index (χ0n) is 9.27. The van der Waals surface area contributed by atoms with E-state index in [0.29, 0.717) is 11.4 Å². The first-order valence-electron chi connectivity index (χ1n) is 4.75. The highest BCUT2D eigenvalue weighted by Crippen LogP contribution is 2.11. The number of carbonyl (C=O) groups is 1. The predicted octanol–water partition coefficient (Wildman–Crippen LogP) is 0.653. The summed E-state index contributed by atoms with van der Waals surface area (Å²) in [6.07, 6.45) is 0. The van der Waals surface area contributed by atoms with Gasteiger partial charge in [-0.3, -0.25) is 4.79 Å². The van der Waals surface area contributed by atoms with Gasteiger partial charge in [0.05, 0.1) is 4.90 Å². The molecule has 1 unspecified atom stereocenters. The second-order valence-electron chi connectivity index (χ2n) is 3.36. The second kappa shape index (κ2) is 5.20. The summed E-state index contributed by atoms with van der Waals surface area (Å²) in [5.41, 5.74) is 0.942. The van der Waals surface area contributed by atoms with Gasteiger partial charge in [0, 0.05) is 13.5 Å². The van der Waals surface area contributed by atoms with E-state index in [1.54, 1.807) is 18.2 Å². The Morgan fingerprint density at radius 3 is 2.81 bits per heavy atom. The molecule has 1 aromatic carbocycles. The summed E-state index contributed by atoms with van der Waals surface area (Å²) in [4.78, 5) is 11.2. The van der Waals surface area contributed by atoms with Crippen LogP contribution in [0.4, 0.5) is 0 Å². The van der Waals surface area contributed by atoms with E-state index in [1.165, 1.54) is 6.92 Å². The zero-order valence-corrected chi connectivity index (χ0v) is 10.1. The maximum atomic E-state index is 11.9. The van der Waals surface area contributed by atoms with Crippen molar-refractivity contribution in [2.24, 2.45) is 9.50 Å². The van der Waals surface area contributed by atoms with Crippen LogP contribution in [0.5, 0.6) is 0 Å². The van der Waals surface area contributed by atoms with Crippen LogP contribution in [0.3, 0.4) is 0 Å². The molecule has 1 aromatic rings. The number of hydrogen-bond acceptors (Lipinski definition) is 3. The summed E-state index contributed by atoms with van der Waals surface area (Å²) < 4.78 is 15.4. The van der Waals surface area contributed by atoms with Gasteiger partial charge in [-0.05, 0) is 24.7 Å². The largest absolute Gasteiger partial charge is 0.316 e. The van der Waals surface area contributed by atoms with E-state index in [9.17, 15) is 9.00 Å². The van der Waals surface area contributed by atoms with E-state index in [4.69, 9.17) is 5.14 Å². The molecule has 5 nitrogen and oxygen atoms in total. The standard InChI is InChI=1S/C10H15N3O2S/c1-8(14)13-16(11,15)10-5-3-4-9(6-10)7-12-2/h3-6,12H,7H2,1-2H3,(H2,11,13,14,15). The van der Waals surface area contributed by atoms with Gasteiger partial charge in [0.1, 0.15) is 9.92 Å². The molecular formula is C10H15N3O2S. The number of nitrogens with one attached hydrogen (secondary N) is 1. The molecule has 0 bridgehead atoms. The smallest absolute Gasteiger partial charge is 0.251 e. The van der Waals surface area contributed by atoms with E-state index >= 15 is 0 Å². The Morgan fingerprint density at radius 1 is 1.56 bits per heavy atom. The number of carbonyl (C=O) groups excluding carboxylic acids is 1. The number of nitrogens with zero attached hydrogens (tertiary/aromatic N) is 1. The van der Waals surface area contributed by atoms with Crippen LogP contribution in [0.1, 0.15) is 12.5 Å². The van der Waals surface area contributed by atoms with Crippen LogP contribution in [0, 0.1) is 0 Å². The average Bonchev–Trinajstić information content (AvgIpc) is 2.16. The summed E-state index contributed by atoms with van der Waals surface area (Å²) >= 11 is 0. The normalized spacial score (nSPS) is 14.2. The van der Waals surface area contributed by atoms with Gasteiger partial charge in [-0.25, -0.2) is 9.35 Å². The summed E-state index contributed by atoms with van der Waals surface area (Å²) in [6, 6.07) is 6.91. The summed E-state index contributed by atoms with van der Waals surface area (Å²) in [6.45, 7) is 1.87. The van der Waals surface area contributed by atoms with Crippen molar-refractivity contribution in [3.8, 4) is 0 Å². The molecule has 0 aliphatic heterocycles. The topological polar surface area (TPSA) is 84.5 Å². The first kappa shape index (κ1) is 12.8. The fourth-order valence-corrected chi connectivity index (χ4v) is 2.37. The summed E-state index contributed by atoms with van der Waals surface area (Å²) in [7, 11) is -1.29. The average molecular weight is 241 g/mol. The molecule has 0 aliphatic carbocycles. The Kier molecular flexibility index (Phi) is 4.17. The third-order valence-electron chi connectivity index (χ3n) is 1.88. The first-order valence-corrected chi connectivity index (χ1v) is 6.32. The molecule has 1 rings (SSSR count). The Balaban J connectivity index is 3.18. The fourth-order valence-electron chi connectivity index (χ4n) is 1.29. The van der Waals surface area contributed by atoms with Gasteiger partial charge in [0.25, 0.3) is 5.91 Å². The lowest BCUT2D eigenvalue weighted by molar-refractivity contribution is -0.115. The number of nitrogens with two attached hydrogens (primary N) is 1. The van der Waals surface area contributed by atoms with Gasteiger partial charge in [-0.2, -0.15) is 0 Å². The van der Waals surface area contributed by atoms with E-state index < -0.39 is 15.8 Å².